The Hall–Kier alpha value is -2.10. The number of aromatic amines is 1. The van der Waals surface area contributed by atoms with E-state index in [4.69, 9.17) is 0 Å². The number of fused-ring (bicyclic) bond motifs is 1. The second kappa shape index (κ2) is 10.1. The lowest BCUT2D eigenvalue weighted by molar-refractivity contribution is 0.570. The summed E-state index contributed by atoms with van der Waals surface area (Å²) in [6.45, 7) is 2.46. The second-order valence-corrected chi connectivity index (χ2v) is 5.80. The minimum atomic E-state index is -0.223. The number of benzene rings is 1. The number of nitrogens with one attached hydrogen (secondary N) is 3. The van der Waals surface area contributed by atoms with Crippen LogP contribution in [-0.2, 0) is 13.0 Å². The Morgan fingerprint density at radius 2 is 2.15 bits per heavy atom. The minimum absolute atomic E-state index is 0. The van der Waals surface area contributed by atoms with Crippen LogP contribution in [-0.4, -0.2) is 40.9 Å². The van der Waals surface area contributed by atoms with Crippen LogP contribution >= 0.6 is 24.0 Å². The van der Waals surface area contributed by atoms with Gasteiger partial charge in [0.25, 0.3) is 0 Å². The summed E-state index contributed by atoms with van der Waals surface area (Å²) in [5.74, 6) is 0.560. The first kappa shape index (κ1) is 20.2. The average molecular weight is 470 g/mol. The summed E-state index contributed by atoms with van der Waals surface area (Å²) in [6.07, 6.45) is 7.48. The van der Waals surface area contributed by atoms with Crippen molar-refractivity contribution in [1.82, 2.24) is 25.4 Å². The molecule has 0 fully saturated rings. The summed E-state index contributed by atoms with van der Waals surface area (Å²) in [4.78, 5) is 7.34. The van der Waals surface area contributed by atoms with Gasteiger partial charge in [-0.3, -0.25) is 9.67 Å². The van der Waals surface area contributed by atoms with Gasteiger partial charge < -0.3 is 15.6 Å². The Balaban J connectivity index is 0.00000243. The van der Waals surface area contributed by atoms with Gasteiger partial charge in [-0.1, -0.05) is 0 Å². The molecule has 3 N–H and O–H groups in total. The zero-order valence-corrected chi connectivity index (χ0v) is 17.0. The monoisotopic (exact) mass is 470 g/mol. The highest BCUT2D eigenvalue weighted by Gasteiger charge is 2.05. The van der Waals surface area contributed by atoms with E-state index in [2.05, 4.69) is 25.7 Å². The van der Waals surface area contributed by atoms with Crippen LogP contribution in [0.2, 0.25) is 0 Å². The maximum Gasteiger partial charge on any atom is 0.190 e. The van der Waals surface area contributed by atoms with E-state index in [0.29, 0.717) is 0 Å². The number of hydrogen-bond acceptors (Lipinski definition) is 2. The highest BCUT2D eigenvalue weighted by atomic mass is 127. The zero-order valence-electron chi connectivity index (χ0n) is 14.7. The molecule has 1 aromatic carbocycles. The van der Waals surface area contributed by atoms with E-state index in [0.717, 1.165) is 54.9 Å². The Morgan fingerprint density at radius 3 is 2.92 bits per heavy atom. The standard InChI is InChI=1S/C18H23FN6.HI/c1-20-18(21-7-2-10-25-11-3-8-24-25)22-9-6-14-13-23-17-12-15(19)4-5-16(14)17;/h3-5,8,11-13,23H,2,6-7,9-10H2,1H3,(H2,20,21,22);1H. The molecule has 0 unspecified atom stereocenters. The van der Waals surface area contributed by atoms with Crippen LogP contribution in [0.15, 0.2) is 47.8 Å². The van der Waals surface area contributed by atoms with Crippen LogP contribution in [0.5, 0.6) is 0 Å². The summed E-state index contributed by atoms with van der Waals surface area (Å²) in [5.41, 5.74) is 1.99. The Kier molecular flexibility index (Phi) is 7.89. The molecule has 0 aliphatic heterocycles. The Morgan fingerprint density at radius 1 is 1.31 bits per heavy atom. The van der Waals surface area contributed by atoms with Crippen molar-refractivity contribution in [3.8, 4) is 0 Å². The second-order valence-electron chi connectivity index (χ2n) is 5.80. The zero-order chi connectivity index (χ0) is 17.5. The van der Waals surface area contributed by atoms with E-state index in [1.807, 2.05) is 29.2 Å². The van der Waals surface area contributed by atoms with E-state index >= 15 is 0 Å². The third-order valence-corrected chi connectivity index (χ3v) is 4.06. The van der Waals surface area contributed by atoms with E-state index in [1.165, 1.54) is 12.1 Å². The molecule has 0 saturated carbocycles. The lowest BCUT2D eigenvalue weighted by Crippen LogP contribution is -2.39. The lowest BCUT2D eigenvalue weighted by Gasteiger charge is -2.11. The van der Waals surface area contributed by atoms with Crippen molar-refractivity contribution in [2.45, 2.75) is 19.4 Å². The number of H-pyrrole nitrogens is 1. The fourth-order valence-corrected chi connectivity index (χ4v) is 2.78. The number of rotatable bonds is 7. The molecule has 0 amide bonds. The Bertz CT molecular complexity index is 827. The van der Waals surface area contributed by atoms with Crippen LogP contribution in [0.3, 0.4) is 0 Å². The number of aryl methyl sites for hydroxylation is 1. The predicted octanol–water partition coefficient (Wildman–Crippen LogP) is 2.92. The summed E-state index contributed by atoms with van der Waals surface area (Å²) >= 11 is 0. The molecule has 2 aromatic heterocycles. The summed E-state index contributed by atoms with van der Waals surface area (Å²) in [6, 6.07) is 6.76. The van der Waals surface area contributed by atoms with Crippen molar-refractivity contribution in [1.29, 1.82) is 0 Å². The van der Waals surface area contributed by atoms with Gasteiger partial charge in [0.05, 0.1) is 0 Å². The maximum atomic E-state index is 13.2. The molecule has 26 heavy (non-hydrogen) atoms. The normalized spacial score (nSPS) is 11.4. The highest BCUT2D eigenvalue weighted by molar-refractivity contribution is 14.0. The fourth-order valence-electron chi connectivity index (χ4n) is 2.78. The molecule has 0 spiro atoms. The van der Waals surface area contributed by atoms with Gasteiger partial charge >= 0.3 is 0 Å². The van der Waals surface area contributed by atoms with Gasteiger partial charge in [0.15, 0.2) is 5.96 Å². The van der Waals surface area contributed by atoms with E-state index in [9.17, 15) is 4.39 Å². The van der Waals surface area contributed by atoms with Gasteiger partial charge in [0.2, 0.25) is 0 Å². The fraction of sp³-hybridized carbons (Fsp3) is 0.333. The number of aromatic nitrogens is 3. The number of aliphatic imine (C=N–C) groups is 1. The molecule has 0 aliphatic rings. The van der Waals surface area contributed by atoms with E-state index in [-0.39, 0.29) is 29.8 Å². The van der Waals surface area contributed by atoms with E-state index in [1.54, 1.807) is 13.2 Å². The van der Waals surface area contributed by atoms with Crippen molar-refractivity contribution < 1.29 is 4.39 Å². The lowest BCUT2D eigenvalue weighted by atomic mass is 10.1. The number of nitrogens with zero attached hydrogens (tertiary/aromatic N) is 3. The molecule has 0 radical (unpaired) electrons. The van der Waals surface area contributed by atoms with Gasteiger partial charge in [-0.15, -0.1) is 24.0 Å². The molecule has 0 saturated heterocycles. The van der Waals surface area contributed by atoms with Gasteiger partial charge in [0.1, 0.15) is 5.82 Å². The van der Waals surface area contributed by atoms with Crippen LogP contribution in [0.1, 0.15) is 12.0 Å². The van der Waals surface area contributed by atoms with E-state index < -0.39 is 0 Å². The topological polar surface area (TPSA) is 70.0 Å². The first-order valence-corrected chi connectivity index (χ1v) is 8.44. The molecule has 0 aliphatic carbocycles. The van der Waals surface area contributed by atoms with Gasteiger partial charge in [0, 0.05) is 56.2 Å². The molecular formula is C18H24FIN6. The smallest absolute Gasteiger partial charge is 0.190 e. The largest absolute Gasteiger partial charge is 0.361 e. The maximum absolute atomic E-state index is 13.2. The van der Waals surface area contributed by atoms with Crippen molar-refractivity contribution >= 4 is 40.8 Å². The van der Waals surface area contributed by atoms with Crippen LogP contribution < -0.4 is 10.6 Å². The predicted molar refractivity (Wildman–Crippen MR) is 114 cm³/mol. The summed E-state index contributed by atoms with van der Waals surface area (Å²) in [7, 11) is 1.76. The molecule has 6 nitrogen and oxygen atoms in total. The molecular weight excluding hydrogens is 446 g/mol. The third-order valence-electron chi connectivity index (χ3n) is 4.06. The van der Waals surface area contributed by atoms with Crippen molar-refractivity contribution in [2.24, 2.45) is 4.99 Å². The van der Waals surface area contributed by atoms with Crippen LogP contribution in [0, 0.1) is 5.82 Å². The molecule has 3 aromatic rings. The van der Waals surface area contributed by atoms with Crippen molar-refractivity contribution in [2.75, 3.05) is 20.1 Å². The molecule has 3 rings (SSSR count). The quantitative estimate of drug-likeness (QED) is 0.215. The van der Waals surface area contributed by atoms with Gasteiger partial charge in [-0.2, -0.15) is 5.10 Å². The highest BCUT2D eigenvalue weighted by Crippen LogP contribution is 2.19. The first-order valence-electron chi connectivity index (χ1n) is 8.44. The number of hydrogen-bond donors (Lipinski definition) is 3. The first-order chi connectivity index (χ1) is 12.3. The SMILES string of the molecule is CN=C(NCCCn1cccn1)NCCc1c[nH]c2cc(F)ccc12.I. The van der Waals surface area contributed by atoms with Crippen LogP contribution in [0.4, 0.5) is 4.39 Å². The van der Waals surface area contributed by atoms with Crippen molar-refractivity contribution in [3.63, 3.8) is 0 Å². The summed E-state index contributed by atoms with van der Waals surface area (Å²) in [5, 5.41) is 11.8. The summed E-state index contributed by atoms with van der Waals surface area (Å²) < 4.78 is 15.1. The van der Waals surface area contributed by atoms with Gasteiger partial charge in [-0.05, 0) is 42.7 Å². The molecule has 8 heteroatoms. The van der Waals surface area contributed by atoms with Crippen molar-refractivity contribution in [3.05, 3.63) is 54.2 Å². The van der Waals surface area contributed by atoms with Gasteiger partial charge in [-0.25, -0.2) is 4.39 Å². The van der Waals surface area contributed by atoms with Crippen LogP contribution in [0.25, 0.3) is 10.9 Å². The molecule has 0 atom stereocenters. The minimum Gasteiger partial charge on any atom is -0.361 e. The molecule has 2 heterocycles. The number of guanidine groups is 1. The third kappa shape index (κ3) is 5.45. The number of halogens is 2. The Labute approximate surface area is 169 Å². The average Bonchev–Trinajstić information content (AvgIpc) is 3.26. The molecule has 140 valence electrons. The molecule has 0 bridgehead atoms.